The van der Waals surface area contributed by atoms with Crippen molar-refractivity contribution in [2.24, 2.45) is 5.73 Å². The fraction of sp³-hybridized carbons (Fsp3) is 0.500. The number of hydrogen-bond donors (Lipinski definition) is 1. The van der Waals surface area contributed by atoms with Crippen LogP contribution in [-0.2, 0) is 6.42 Å². The molecule has 0 fully saturated rings. The Labute approximate surface area is 95.6 Å². The fourth-order valence-corrected chi connectivity index (χ4v) is 1.55. The molecule has 0 aliphatic heterocycles. The Balaban J connectivity index is 2.93. The molecule has 1 aromatic rings. The number of nitrogens with zero attached hydrogens (tertiary/aromatic N) is 1. The van der Waals surface area contributed by atoms with Gasteiger partial charge in [-0.2, -0.15) is 0 Å². The third-order valence-electron chi connectivity index (χ3n) is 2.47. The summed E-state index contributed by atoms with van der Waals surface area (Å²) in [6, 6.07) is 5.19. The Morgan fingerprint density at radius 1 is 1.44 bits per heavy atom. The Kier molecular flexibility index (Phi) is 3.65. The van der Waals surface area contributed by atoms with Crippen LogP contribution in [0.25, 0.3) is 0 Å². The molecule has 0 aliphatic carbocycles. The smallest absolute Gasteiger partial charge is 0.272 e. The van der Waals surface area contributed by atoms with E-state index in [1.807, 2.05) is 26.8 Å². The minimum absolute atomic E-state index is 0.190. The highest BCUT2D eigenvalue weighted by molar-refractivity contribution is 5.42. The number of hydrogen-bond acceptors (Lipinski definition) is 3. The molecule has 0 saturated carbocycles. The third-order valence-corrected chi connectivity index (χ3v) is 2.47. The maximum absolute atomic E-state index is 10.8. The molecule has 1 aromatic carbocycles. The van der Waals surface area contributed by atoms with Crippen LogP contribution in [0.2, 0.25) is 0 Å². The van der Waals surface area contributed by atoms with Gasteiger partial charge in [-0.05, 0) is 39.7 Å². The van der Waals surface area contributed by atoms with Crippen LogP contribution in [0.4, 0.5) is 5.69 Å². The largest absolute Gasteiger partial charge is 0.326 e. The van der Waals surface area contributed by atoms with Gasteiger partial charge in [-0.15, -0.1) is 0 Å². The second-order valence-corrected chi connectivity index (χ2v) is 4.88. The average molecular weight is 222 g/mol. The molecule has 0 unspecified atom stereocenters. The molecule has 2 N–H and O–H groups in total. The van der Waals surface area contributed by atoms with Crippen LogP contribution >= 0.6 is 0 Å². The van der Waals surface area contributed by atoms with Gasteiger partial charge in [-0.1, -0.05) is 11.6 Å². The van der Waals surface area contributed by atoms with Crippen molar-refractivity contribution >= 4 is 5.69 Å². The molecule has 0 bridgehead atoms. The average Bonchev–Trinajstić information content (AvgIpc) is 2.13. The Bertz CT molecular complexity index is 394. The van der Waals surface area contributed by atoms with E-state index in [0.29, 0.717) is 6.42 Å². The van der Waals surface area contributed by atoms with E-state index < -0.39 is 0 Å². The molecular weight excluding hydrogens is 204 g/mol. The highest BCUT2D eigenvalue weighted by atomic mass is 16.6. The van der Waals surface area contributed by atoms with E-state index >= 15 is 0 Å². The predicted molar refractivity (Wildman–Crippen MR) is 64.4 cm³/mol. The van der Waals surface area contributed by atoms with E-state index in [9.17, 15) is 10.1 Å². The molecule has 0 aliphatic rings. The summed E-state index contributed by atoms with van der Waals surface area (Å²) in [5, 5.41) is 10.8. The van der Waals surface area contributed by atoms with Crippen molar-refractivity contribution in [1.82, 2.24) is 0 Å². The molecule has 88 valence electrons. The lowest BCUT2D eigenvalue weighted by molar-refractivity contribution is -0.385. The van der Waals surface area contributed by atoms with Crippen LogP contribution in [0, 0.1) is 17.0 Å². The molecule has 0 saturated heterocycles. The number of nitrogens with two attached hydrogens (primary N) is 1. The number of rotatable bonds is 4. The minimum Gasteiger partial charge on any atom is -0.326 e. The van der Waals surface area contributed by atoms with Gasteiger partial charge in [0.05, 0.1) is 4.92 Å². The van der Waals surface area contributed by atoms with Crippen LogP contribution in [0.5, 0.6) is 0 Å². The molecular formula is C12H18N2O2. The molecule has 0 heterocycles. The second kappa shape index (κ2) is 4.61. The summed E-state index contributed by atoms with van der Waals surface area (Å²) < 4.78 is 0. The molecule has 0 atom stereocenters. The number of nitro groups is 1. The van der Waals surface area contributed by atoms with Gasteiger partial charge in [0.1, 0.15) is 0 Å². The van der Waals surface area contributed by atoms with E-state index in [4.69, 9.17) is 5.73 Å². The lowest BCUT2D eigenvalue weighted by Gasteiger charge is -2.18. The van der Waals surface area contributed by atoms with Crippen molar-refractivity contribution in [2.45, 2.75) is 39.2 Å². The van der Waals surface area contributed by atoms with Gasteiger partial charge < -0.3 is 5.73 Å². The zero-order chi connectivity index (χ0) is 12.3. The van der Waals surface area contributed by atoms with Gasteiger partial charge in [-0.3, -0.25) is 10.1 Å². The van der Waals surface area contributed by atoms with Gasteiger partial charge >= 0.3 is 0 Å². The zero-order valence-electron chi connectivity index (χ0n) is 9.99. The number of aryl methyl sites for hydroxylation is 2. The van der Waals surface area contributed by atoms with Crippen molar-refractivity contribution < 1.29 is 4.92 Å². The van der Waals surface area contributed by atoms with E-state index in [2.05, 4.69) is 0 Å². The molecule has 0 amide bonds. The normalized spacial score (nSPS) is 11.5. The van der Waals surface area contributed by atoms with Gasteiger partial charge in [0.25, 0.3) is 5.69 Å². The lowest BCUT2D eigenvalue weighted by Crippen LogP contribution is -2.32. The van der Waals surface area contributed by atoms with E-state index in [-0.39, 0.29) is 16.1 Å². The molecule has 0 aromatic heterocycles. The summed E-state index contributed by atoms with van der Waals surface area (Å²) in [4.78, 5) is 10.5. The van der Waals surface area contributed by atoms with E-state index in [1.165, 1.54) is 0 Å². The summed E-state index contributed by atoms with van der Waals surface area (Å²) >= 11 is 0. The van der Waals surface area contributed by atoms with Crippen LogP contribution in [-0.4, -0.2) is 10.5 Å². The first-order valence-electron chi connectivity index (χ1n) is 5.32. The number of nitro benzene ring substituents is 1. The first-order chi connectivity index (χ1) is 7.29. The van der Waals surface area contributed by atoms with Crippen molar-refractivity contribution in [3.63, 3.8) is 0 Å². The highest BCUT2D eigenvalue weighted by Crippen LogP contribution is 2.22. The molecule has 4 heteroatoms. The second-order valence-electron chi connectivity index (χ2n) is 4.88. The summed E-state index contributed by atoms with van der Waals surface area (Å²) in [6.45, 7) is 5.78. The number of benzene rings is 1. The van der Waals surface area contributed by atoms with Crippen LogP contribution in [0.3, 0.4) is 0 Å². The standard InChI is InChI=1S/C12H18N2O2/c1-9-4-5-11(14(15)16)10(8-9)6-7-12(2,3)13/h4-5,8H,6-7,13H2,1-3H3. The SMILES string of the molecule is Cc1ccc([N+](=O)[O-])c(CCC(C)(C)N)c1. The summed E-state index contributed by atoms with van der Waals surface area (Å²) in [6.07, 6.45) is 1.37. The molecule has 0 spiro atoms. The van der Waals surface area contributed by atoms with Crippen molar-refractivity contribution in [3.05, 3.63) is 39.4 Å². The first-order valence-corrected chi connectivity index (χ1v) is 5.32. The third kappa shape index (κ3) is 3.62. The van der Waals surface area contributed by atoms with Crippen LogP contribution in [0.15, 0.2) is 18.2 Å². The van der Waals surface area contributed by atoms with Crippen molar-refractivity contribution in [2.75, 3.05) is 0 Å². The Morgan fingerprint density at radius 3 is 2.56 bits per heavy atom. The lowest BCUT2D eigenvalue weighted by atomic mass is 9.95. The van der Waals surface area contributed by atoms with Gasteiger partial charge in [0.2, 0.25) is 0 Å². The highest BCUT2D eigenvalue weighted by Gasteiger charge is 2.17. The van der Waals surface area contributed by atoms with Crippen LogP contribution < -0.4 is 5.73 Å². The van der Waals surface area contributed by atoms with Gasteiger partial charge in [0.15, 0.2) is 0 Å². The Hall–Kier alpha value is -1.42. The van der Waals surface area contributed by atoms with E-state index in [0.717, 1.165) is 17.5 Å². The Morgan fingerprint density at radius 2 is 2.06 bits per heavy atom. The van der Waals surface area contributed by atoms with E-state index in [1.54, 1.807) is 12.1 Å². The monoisotopic (exact) mass is 222 g/mol. The molecule has 16 heavy (non-hydrogen) atoms. The maximum Gasteiger partial charge on any atom is 0.272 e. The van der Waals surface area contributed by atoms with Gasteiger partial charge in [-0.25, -0.2) is 0 Å². The van der Waals surface area contributed by atoms with Gasteiger partial charge in [0, 0.05) is 17.2 Å². The van der Waals surface area contributed by atoms with Crippen LogP contribution in [0.1, 0.15) is 31.4 Å². The van der Waals surface area contributed by atoms with Crippen molar-refractivity contribution in [3.8, 4) is 0 Å². The summed E-state index contributed by atoms with van der Waals surface area (Å²) in [5.41, 5.74) is 7.58. The molecule has 0 radical (unpaired) electrons. The quantitative estimate of drug-likeness (QED) is 0.628. The van der Waals surface area contributed by atoms with Crippen molar-refractivity contribution in [1.29, 1.82) is 0 Å². The zero-order valence-corrected chi connectivity index (χ0v) is 9.99. The fourth-order valence-electron chi connectivity index (χ4n) is 1.55. The molecule has 4 nitrogen and oxygen atoms in total. The first kappa shape index (κ1) is 12.6. The predicted octanol–water partition coefficient (Wildman–Crippen LogP) is 2.57. The molecule has 1 rings (SSSR count). The maximum atomic E-state index is 10.8. The summed E-state index contributed by atoms with van der Waals surface area (Å²) in [7, 11) is 0. The topological polar surface area (TPSA) is 69.2 Å². The minimum atomic E-state index is -0.335. The summed E-state index contributed by atoms with van der Waals surface area (Å²) in [5.74, 6) is 0.